The van der Waals surface area contributed by atoms with Crippen LogP contribution >= 0.6 is 0 Å². The third-order valence-corrected chi connectivity index (χ3v) is 7.81. The van der Waals surface area contributed by atoms with Crippen molar-refractivity contribution in [2.24, 2.45) is 5.41 Å². The van der Waals surface area contributed by atoms with Crippen LogP contribution in [-0.2, 0) is 11.0 Å². The quantitative estimate of drug-likeness (QED) is 0.322. The normalized spacial score (nSPS) is 19.6. The highest BCUT2D eigenvalue weighted by molar-refractivity contribution is 5.74. The summed E-state index contributed by atoms with van der Waals surface area (Å²) in [4.78, 5) is 21.2. The number of nitrogens with one attached hydrogen (secondary N) is 1. The molecular weight excluding hydrogens is 568 g/mol. The molecule has 0 saturated carbocycles. The standard InChI is InChI=1S/C28H27F6N5O3/c29-27(30,31)19-7-5-17(6-8-19)16-1-3-18(4-2-16)23(28(32,33)34)42-22-13-21(37-25(35)38-22)39-11-9-26(10-12-39)14-20(24(40)41)36-15-26/h1-8,13,20,23,36H,9-12,14-15H2,(H,40,41)(H2,35,37,38)/t20?,23-/m1/s1. The molecule has 0 amide bonds. The number of aromatic nitrogens is 2. The summed E-state index contributed by atoms with van der Waals surface area (Å²) in [6, 6.07) is 10.1. The lowest BCUT2D eigenvalue weighted by Gasteiger charge is -2.39. The molecule has 2 saturated heterocycles. The molecule has 224 valence electrons. The molecule has 2 atom stereocenters. The zero-order valence-electron chi connectivity index (χ0n) is 22.0. The number of halogens is 6. The lowest BCUT2D eigenvalue weighted by atomic mass is 9.76. The van der Waals surface area contributed by atoms with Gasteiger partial charge < -0.3 is 25.8 Å². The first-order valence-electron chi connectivity index (χ1n) is 13.1. The smallest absolute Gasteiger partial charge is 0.429 e. The molecule has 5 rings (SSSR count). The third-order valence-electron chi connectivity index (χ3n) is 7.81. The zero-order chi connectivity index (χ0) is 30.3. The van der Waals surface area contributed by atoms with Gasteiger partial charge in [0, 0.05) is 31.3 Å². The maximum absolute atomic E-state index is 14.1. The molecule has 3 aromatic rings. The Labute approximate surface area is 236 Å². The van der Waals surface area contributed by atoms with Crippen molar-refractivity contribution in [3.8, 4) is 17.0 Å². The van der Waals surface area contributed by atoms with Gasteiger partial charge in [-0.05, 0) is 47.9 Å². The molecule has 2 aliphatic heterocycles. The van der Waals surface area contributed by atoms with Crippen molar-refractivity contribution < 1.29 is 41.0 Å². The van der Waals surface area contributed by atoms with Crippen LogP contribution in [0.1, 0.15) is 36.5 Å². The van der Waals surface area contributed by atoms with Gasteiger partial charge in [-0.25, -0.2) is 0 Å². The molecule has 0 aliphatic carbocycles. The summed E-state index contributed by atoms with van der Waals surface area (Å²) in [5.41, 5.74) is 5.41. The second-order valence-electron chi connectivity index (χ2n) is 10.6. The predicted octanol–water partition coefficient (Wildman–Crippen LogP) is 5.46. The number of nitrogen functional groups attached to an aromatic ring is 1. The molecule has 8 nitrogen and oxygen atoms in total. The largest absolute Gasteiger partial charge is 0.480 e. The van der Waals surface area contributed by atoms with Crippen molar-refractivity contribution in [1.29, 1.82) is 0 Å². The molecular formula is C28H27F6N5O3. The first-order chi connectivity index (χ1) is 19.7. The number of ether oxygens (including phenoxy) is 1. The van der Waals surface area contributed by atoms with Gasteiger partial charge in [-0.3, -0.25) is 4.79 Å². The second-order valence-corrected chi connectivity index (χ2v) is 10.6. The van der Waals surface area contributed by atoms with E-state index in [9.17, 15) is 36.2 Å². The molecule has 2 aliphatic rings. The Balaban J connectivity index is 1.31. The number of anilines is 2. The molecule has 0 bridgehead atoms. The lowest BCUT2D eigenvalue weighted by molar-refractivity contribution is -0.198. The monoisotopic (exact) mass is 595 g/mol. The van der Waals surface area contributed by atoms with E-state index >= 15 is 0 Å². The molecule has 2 aromatic carbocycles. The molecule has 2 fully saturated rings. The fourth-order valence-electron chi connectivity index (χ4n) is 5.48. The highest BCUT2D eigenvalue weighted by atomic mass is 19.4. The molecule has 4 N–H and O–H groups in total. The van der Waals surface area contributed by atoms with E-state index in [1.807, 2.05) is 4.90 Å². The number of carboxylic acid groups (broad SMARTS) is 1. The van der Waals surface area contributed by atoms with Crippen LogP contribution in [0.15, 0.2) is 54.6 Å². The zero-order valence-corrected chi connectivity index (χ0v) is 22.0. The summed E-state index contributed by atoms with van der Waals surface area (Å²) in [5, 5.41) is 12.3. The summed E-state index contributed by atoms with van der Waals surface area (Å²) in [6.07, 6.45) is -9.90. The highest BCUT2D eigenvalue weighted by Crippen LogP contribution is 2.42. The number of carbonyl (C=O) groups is 1. The van der Waals surface area contributed by atoms with E-state index < -0.39 is 36.0 Å². The van der Waals surface area contributed by atoms with E-state index in [2.05, 4.69) is 15.3 Å². The minimum absolute atomic E-state index is 0.175. The Hall–Kier alpha value is -4.07. The van der Waals surface area contributed by atoms with Crippen molar-refractivity contribution in [3.63, 3.8) is 0 Å². The van der Waals surface area contributed by atoms with Crippen LogP contribution in [0, 0.1) is 5.41 Å². The minimum Gasteiger partial charge on any atom is -0.480 e. The van der Waals surface area contributed by atoms with Crippen LogP contribution in [0.5, 0.6) is 5.88 Å². The minimum atomic E-state index is -4.83. The van der Waals surface area contributed by atoms with Gasteiger partial charge in [0.05, 0.1) is 5.56 Å². The molecule has 1 spiro atoms. The molecule has 0 radical (unpaired) electrons. The number of piperidine rings is 1. The van der Waals surface area contributed by atoms with E-state index in [-0.39, 0.29) is 22.8 Å². The van der Waals surface area contributed by atoms with Gasteiger partial charge in [0.2, 0.25) is 17.9 Å². The maximum atomic E-state index is 14.1. The van der Waals surface area contributed by atoms with Gasteiger partial charge in [-0.15, -0.1) is 0 Å². The Morgan fingerprint density at radius 2 is 1.60 bits per heavy atom. The van der Waals surface area contributed by atoms with Crippen LogP contribution in [0.25, 0.3) is 11.1 Å². The average molecular weight is 596 g/mol. The fourth-order valence-corrected chi connectivity index (χ4v) is 5.48. The van der Waals surface area contributed by atoms with Gasteiger partial charge in [-0.2, -0.15) is 36.3 Å². The van der Waals surface area contributed by atoms with E-state index in [0.717, 1.165) is 12.1 Å². The average Bonchev–Trinajstić information content (AvgIpc) is 3.35. The Bertz CT molecular complexity index is 1420. The Kier molecular flexibility index (Phi) is 7.68. The van der Waals surface area contributed by atoms with Crippen LogP contribution < -0.4 is 20.7 Å². The molecule has 1 aromatic heterocycles. The SMILES string of the molecule is Nc1nc(O[C@H](c2ccc(-c3ccc(C(F)(F)F)cc3)cc2)C(F)(F)F)cc(N2CCC3(CC2)CNC(C(=O)O)C3)n1. The van der Waals surface area contributed by atoms with Crippen molar-refractivity contribution in [1.82, 2.24) is 15.3 Å². The van der Waals surface area contributed by atoms with Crippen LogP contribution in [-0.4, -0.2) is 52.9 Å². The van der Waals surface area contributed by atoms with Gasteiger partial charge in [0.25, 0.3) is 0 Å². The number of alkyl halides is 6. The maximum Gasteiger partial charge on any atom is 0.429 e. The molecule has 14 heteroatoms. The number of hydrogen-bond donors (Lipinski definition) is 3. The van der Waals surface area contributed by atoms with E-state index in [1.54, 1.807) is 0 Å². The fraction of sp³-hybridized carbons (Fsp3) is 0.393. The van der Waals surface area contributed by atoms with Gasteiger partial charge in [0.1, 0.15) is 11.9 Å². The van der Waals surface area contributed by atoms with Crippen molar-refractivity contribution in [3.05, 3.63) is 65.7 Å². The van der Waals surface area contributed by atoms with Gasteiger partial charge >= 0.3 is 18.3 Å². The Morgan fingerprint density at radius 1 is 1.00 bits per heavy atom. The van der Waals surface area contributed by atoms with Crippen LogP contribution in [0.3, 0.4) is 0 Å². The summed E-state index contributed by atoms with van der Waals surface area (Å²) < 4.78 is 86.2. The predicted molar refractivity (Wildman–Crippen MR) is 141 cm³/mol. The number of aliphatic carboxylic acids is 1. The number of rotatable bonds is 6. The summed E-state index contributed by atoms with van der Waals surface area (Å²) in [6.45, 7) is 1.57. The lowest BCUT2D eigenvalue weighted by Crippen LogP contribution is -2.41. The summed E-state index contributed by atoms with van der Waals surface area (Å²) >= 11 is 0. The molecule has 42 heavy (non-hydrogen) atoms. The Morgan fingerprint density at radius 3 is 2.12 bits per heavy atom. The first-order valence-corrected chi connectivity index (χ1v) is 13.1. The van der Waals surface area contributed by atoms with E-state index in [4.69, 9.17) is 10.5 Å². The number of nitrogens with zero attached hydrogens (tertiary/aromatic N) is 3. The van der Waals surface area contributed by atoms with Crippen molar-refractivity contribution in [2.75, 3.05) is 30.3 Å². The van der Waals surface area contributed by atoms with Crippen molar-refractivity contribution >= 4 is 17.7 Å². The van der Waals surface area contributed by atoms with Crippen LogP contribution in [0.2, 0.25) is 0 Å². The number of carboxylic acids is 1. The van der Waals surface area contributed by atoms with Gasteiger partial charge in [-0.1, -0.05) is 36.4 Å². The second kappa shape index (κ2) is 11.0. The van der Waals surface area contributed by atoms with E-state index in [1.165, 1.54) is 42.5 Å². The number of nitrogens with two attached hydrogens (primary N) is 1. The van der Waals surface area contributed by atoms with Gasteiger partial charge in [0.15, 0.2) is 0 Å². The van der Waals surface area contributed by atoms with Crippen molar-refractivity contribution in [2.45, 2.75) is 43.8 Å². The van der Waals surface area contributed by atoms with E-state index in [0.29, 0.717) is 55.8 Å². The number of benzene rings is 2. The molecule has 3 heterocycles. The summed E-state index contributed by atoms with van der Waals surface area (Å²) in [7, 11) is 0. The molecule has 1 unspecified atom stereocenters. The first kappa shape index (κ1) is 29.4. The van der Waals surface area contributed by atoms with Crippen LogP contribution in [0.4, 0.5) is 38.1 Å². The summed E-state index contributed by atoms with van der Waals surface area (Å²) in [5.74, 6) is -1.24. The number of hydrogen-bond acceptors (Lipinski definition) is 7. The topological polar surface area (TPSA) is 114 Å². The third kappa shape index (κ3) is 6.37. The highest BCUT2D eigenvalue weighted by Gasteiger charge is 2.45.